The highest BCUT2D eigenvalue weighted by Crippen LogP contribution is 2.00. The molecule has 0 spiro atoms. The maximum absolute atomic E-state index is 8.81. The van der Waals surface area contributed by atoms with Crippen LogP contribution in [0.1, 0.15) is 13.3 Å². The zero-order valence-electron chi connectivity index (χ0n) is 7.29. The molecule has 1 aliphatic heterocycles. The van der Waals surface area contributed by atoms with Gasteiger partial charge in [0.15, 0.2) is 0 Å². The van der Waals surface area contributed by atoms with Crippen molar-refractivity contribution in [3.8, 4) is 0 Å². The van der Waals surface area contributed by atoms with Crippen molar-refractivity contribution in [2.24, 2.45) is 0 Å². The van der Waals surface area contributed by atoms with E-state index < -0.39 is 0 Å². The Bertz CT molecular complexity index is 100. The maximum Gasteiger partial charge on any atom is 0.0957 e. The molecule has 1 fully saturated rings. The first-order valence-electron chi connectivity index (χ1n) is 4.42. The SMILES string of the molecule is CCCN1CCN(CO)CC1. The summed E-state index contributed by atoms with van der Waals surface area (Å²) in [6, 6.07) is 0. The van der Waals surface area contributed by atoms with Gasteiger partial charge in [0.25, 0.3) is 0 Å². The van der Waals surface area contributed by atoms with Crippen molar-refractivity contribution in [3.05, 3.63) is 0 Å². The topological polar surface area (TPSA) is 26.7 Å². The van der Waals surface area contributed by atoms with Gasteiger partial charge in [0.1, 0.15) is 0 Å². The quantitative estimate of drug-likeness (QED) is 0.624. The zero-order chi connectivity index (χ0) is 8.10. The molecular weight excluding hydrogens is 140 g/mol. The summed E-state index contributed by atoms with van der Waals surface area (Å²) < 4.78 is 0. The highest BCUT2D eigenvalue weighted by molar-refractivity contribution is 4.68. The van der Waals surface area contributed by atoms with Gasteiger partial charge in [-0.1, -0.05) is 6.92 Å². The molecule has 0 bridgehead atoms. The molecule has 66 valence electrons. The first-order chi connectivity index (χ1) is 5.36. The second kappa shape index (κ2) is 4.70. The van der Waals surface area contributed by atoms with E-state index in [2.05, 4.69) is 16.7 Å². The summed E-state index contributed by atoms with van der Waals surface area (Å²) in [7, 11) is 0. The number of hydrogen-bond acceptors (Lipinski definition) is 3. The molecule has 3 heteroatoms. The number of aliphatic hydroxyl groups is 1. The Balaban J connectivity index is 2.14. The standard InChI is InChI=1S/C8H18N2O/c1-2-3-9-4-6-10(8-11)7-5-9/h11H,2-8H2,1H3. The monoisotopic (exact) mass is 158 g/mol. The number of hydrogen-bond donors (Lipinski definition) is 1. The minimum Gasteiger partial charge on any atom is -0.381 e. The highest BCUT2D eigenvalue weighted by atomic mass is 16.3. The summed E-state index contributed by atoms with van der Waals surface area (Å²) in [6.07, 6.45) is 1.24. The Morgan fingerprint density at radius 2 is 1.64 bits per heavy atom. The van der Waals surface area contributed by atoms with E-state index in [9.17, 15) is 0 Å². The third-order valence-electron chi connectivity index (χ3n) is 2.20. The van der Waals surface area contributed by atoms with Gasteiger partial charge in [-0.15, -0.1) is 0 Å². The zero-order valence-corrected chi connectivity index (χ0v) is 7.29. The Morgan fingerprint density at radius 1 is 1.09 bits per heavy atom. The summed E-state index contributed by atoms with van der Waals surface area (Å²) >= 11 is 0. The van der Waals surface area contributed by atoms with Gasteiger partial charge in [0.2, 0.25) is 0 Å². The average molecular weight is 158 g/mol. The number of aliphatic hydroxyl groups excluding tert-OH is 1. The average Bonchev–Trinajstić information content (AvgIpc) is 2.07. The molecule has 1 heterocycles. The van der Waals surface area contributed by atoms with Crippen LogP contribution in [0.5, 0.6) is 0 Å². The van der Waals surface area contributed by atoms with Crippen LogP contribution in [0, 0.1) is 0 Å². The Hall–Kier alpha value is -0.120. The Labute approximate surface area is 68.6 Å². The van der Waals surface area contributed by atoms with Gasteiger partial charge in [0, 0.05) is 26.2 Å². The molecule has 1 rings (SSSR count). The van der Waals surface area contributed by atoms with E-state index >= 15 is 0 Å². The minimum atomic E-state index is 0.222. The van der Waals surface area contributed by atoms with Gasteiger partial charge >= 0.3 is 0 Å². The van der Waals surface area contributed by atoms with E-state index in [1.165, 1.54) is 13.0 Å². The summed E-state index contributed by atoms with van der Waals surface area (Å²) in [4.78, 5) is 4.53. The fraction of sp³-hybridized carbons (Fsp3) is 1.00. The summed E-state index contributed by atoms with van der Waals surface area (Å²) in [5.41, 5.74) is 0. The van der Waals surface area contributed by atoms with Crippen molar-refractivity contribution in [3.63, 3.8) is 0 Å². The molecule has 1 aliphatic rings. The summed E-state index contributed by atoms with van der Waals surface area (Å²) in [5.74, 6) is 0. The van der Waals surface area contributed by atoms with E-state index in [0.717, 1.165) is 26.2 Å². The van der Waals surface area contributed by atoms with Crippen LogP contribution in [0.4, 0.5) is 0 Å². The highest BCUT2D eigenvalue weighted by Gasteiger charge is 2.14. The maximum atomic E-state index is 8.81. The summed E-state index contributed by atoms with van der Waals surface area (Å²) in [6.45, 7) is 7.92. The Kier molecular flexibility index (Phi) is 3.83. The van der Waals surface area contributed by atoms with Crippen LogP contribution in [-0.4, -0.2) is 54.4 Å². The normalized spacial score (nSPS) is 22.4. The molecule has 0 aromatic heterocycles. The number of piperazine rings is 1. The predicted octanol–water partition coefficient (Wildman–Crippen LogP) is -0.0362. The lowest BCUT2D eigenvalue weighted by Gasteiger charge is -2.33. The van der Waals surface area contributed by atoms with Gasteiger partial charge in [-0.25, -0.2) is 0 Å². The molecule has 0 aromatic rings. The van der Waals surface area contributed by atoms with E-state index in [0.29, 0.717) is 0 Å². The van der Waals surface area contributed by atoms with Crippen LogP contribution in [0.2, 0.25) is 0 Å². The molecule has 11 heavy (non-hydrogen) atoms. The van der Waals surface area contributed by atoms with Crippen molar-refractivity contribution in [1.29, 1.82) is 0 Å². The van der Waals surface area contributed by atoms with Gasteiger partial charge < -0.3 is 10.0 Å². The fourth-order valence-electron chi connectivity index (χ4n) is 1.47. The van der Waals surface area contributed by atoms with Crippen molar-refractivity contribution >= 4 is 0 Å². The fourth-order valence-corrected chi connectivity index (χ4v) is 1.47. The second-order valence-electron chi connectivity index (χ2n) is 3.10. The molecule has 1 N–H and O–H groups in total. The second-order valence-corrected chi connectivity index (χ2v) is 3.10. The van der Waals surface area contributed by atoms with Crippen LogP contribution in [0.3, 0.4) is 0 Å². The van der Waals surface area contributed by atoms with Crippen LogP contribution in [0.25, 0.3) is 0 Å². The molecule has 0 aliphatic carbocycles. The van der Waals surface area contributed by atoms with Crippen LogP contribution >= 0.6 is 0 Å². The van der Waals surface area contributed by atoms with E-state index in [4.69, 9.17) is 5.11 Å². The molecular formula is C8H18N2O. The summed E-state index contributed by atoms with van der Waals surface area (Å²) in [5, 5.41) is 8.81. The van der Waals surface area contributed by atoms with Gasteiger partial charge in [-0.3, -0.25) is 4.90 Å². The lowest BCUT2D eigenvalue weighted by molar-refractivity contribution is 0.0545. The minimum absolute atomic E-state index is 0.222. The van der Waals surface area contributed by atoms with Crippen molar-refractivity contribution in [2.45, 2.75) is 13.3 Å². The molecule has 0 unspecified atom stereocenters. The van der Waals surface area contributed by atoms with Gasteiger partial charge in [-0.05, 0) is 13.0 Å². The van der Waals surface area contributed by atoms with Crippen molar-refractivity contribution in [2.75, 3.05) is 39.5 Å². The molecule has 3 nitrogen and oxygen atoms in total. The predicted molar refractivity (Wildman–Crippen MR) is 45.4 cm³/mol. The Morgan fingerprint density at radius 3 is 2.09 bits per heavy atom. The van der Waals surface area contributed by atoms with Crippen LogP contribution in [0.15, 0.2) is 0 Å². The number of rotatable bonds is 3. The first kappa shape index (κ1) is 8.97. The lowest BCUT2D eigenvalue weighted by atomic mass is 10.3. The molecule has 0 saturated carbocycles. The molecule has 1 saturated heterocycles. The van der Waals surface area contributed by atoms with Crippen LogP contribution < -0.4 is 0 Å². The molecule has 0 amide bonds. The molecule has 0 atom stereocenters. The first-order valence-corrected chi connectivity index (χ1v) is 4.42. The smallest absolute Gasteiger partial charge is 0.0957 e. The molecule has 0 radical (unpaired) electrons. The van der Waals surface area contributed by atoms with Crippen LogP contribution in [-0.2, 0) is 0 Å². The van der Waals surface area contributed by atoms with E-state index in [1.807, 2.05) is 0 Å². The number of nitrogens with zero attached hydrogens (tertiary/aromatic N) is 2. The third kappa shape index (κ3) is 2.77. The largest absolute Gasteiger partial charge is 0.381 e. The van der Waals surface area contributed by atoms with Crippen molar-refractivity contribution in [1.82, 2.24) is 9.80 Å². The van der Waals surface area contributed by atoms with E-state index in [-0.39, 0.29) is 6.73 Å². The lowest BCUT2D eigenvalue weighted by Crippen LogP contribution is -2.46. The van der Waals surface area contributed by atoms with Gasteiger partial charge in [-0.2, -0.15) is 0 Å². The third-order valence-corrected chi connectivity index (χ3v) is 2.20. The van der Waals surface area contributed by atoms with Gasteiger partial charge in [0.05, 0.1) is 6.73 Å². The van der Waals surface area contributed by atoms with Crippen molar-refractivity contribution < 1.29 is 5.11 Å². The van der Waals surface area contributed by atoms with E-state index in [1.54, 1.807) is 0 Å². The molecule has 0 aromatic carbocycles.